The molecule has 0 N–H and O–H groups in total. The summed E-state index contributed by atoms with van der Waals surface area (Å²) in [6.45, 7) is 2.87. The number of hydrogen-bond donors (Lipinski definition) is 0. The zero-order valence-corrected chi connectivity index (χ0v) is 15.9. The zero-order chi connectivity index (χ0) is 17.6. The minimum absolute atomic E-state index is 0.0759. The van der Waals surface area contributed by atoms with Gasteiger partial charge in [-0.25, -0.2) is 0 Å². The van der Waals surface area contributed by atoms with E-state index >= 15 is 0 Å². The summed E-state index contributed by atoms with van der Waals surface area (Å²) >= 11 is 1.79. The van der Waals surface area contributed by atoms with Crippen LogP contribution in [0.15, 0.2) is 48.5 Å². The predicted molar refractivity (Wildman–Crippen MR) is 107 cm³/mol. The molecular weight excluding hydrogens is 328 g/mol. The number of carbonyl (C=O) groups is 1. The van der Waals surface area contributed by atoms with Gasteiger partial charge in [0.05, 0.1) is 0 Å². The molecule has 2 aromatic carbocycles. The second-order valence-corrected chi connectivity index (χ2v) is 7.48. The molecule has 2 aromatic rings. The fraction of sp³-hybridized carbons (Fsp3) is 0.381. The van der Waals surface area contributed by atoms with E-state index in [1.165, 1.54) is 29.7 Å². The molecule has 0 unspecified atom stereocenters. The van der Waals surface area contributed by atoms with Gasteiger partial charge in [-0.2, -0.15) is 11.8 Å². The monoisotopic (exact) mass is 354 g/mol. The lowest BCUT2D eigenvalue weighted by Crippen LogP contribution is -2.28. The molecule has 0 saturated carbocycles. The van der Waals surface area contributed by atoms with E-state index in [0.717, 1.165) is 24.4 Å². The molecule has 1 heterocycles. The smallest absolute Gasteiger partial charge is 0.253 e. The van der Waals surface area contributed by atoms with Gasteiger partial charge in [-0.05, 0) is 48.4 Å². The van der Waals surface area contributed by atoms with Crippen LogP contribution in [0.3, 0.4) is 0 Å². The van der Waals surface area contributed by atoms with Crippen molar-refractivity contribution in [3.63, 3.8) is 0 Å². The first-order valence-electron chi connectivity index (χ1n) is 8.85. The Balaban J connectivity index is 1.71. The van der Waals surface area contributed by atoms with Crippen LogP contribution in [0.2, 0.25) is 0 Å². The summed E-state index contributed by atoms with van der Waals surface area (Å²) in [5.74, 6) is 1.06. The number of thioether (sulfide) groups is 1. The standard InChI is InChI=1S/C21H26N2OS/c1-22(21(24)18-11-9-17(10-12-18)16-25-2)15-19-7-3-4-8-20(19)23-13-5-6-14-23/h3-4,7-12H,5-6,13-16H2,1-2H3. The van der Waals surface area contributed by atoms with Crippen molar-refractivity contribution in [3.05, 3.63) is 65.2 Å². The van der Waals surface area contributed by atoms with E-state index in [-0.39, 0.29) is 5.91 Å². The summed E-state index contributed by atoms with van der Waals surface area (Å²) < 4.78 is 0. The van der Waals surface area contributed by atoms with Gasteiger partial charge in [0.25, 0.3) is 5.91 Å². The normalized spacial score (nSPS) is 13.9. The van der Waals surface area contributed by atoms with E-state index in [4.69, 9.17) is 0 Å². The van der Waals surface area contributed by atoms with Crippen molar-refractivity contribution < 1.29 is 4.79 Å². The van der Waals surface area contributed by atoms with Gasteiger partial charge in [-0.3, -0.25) is 4.79 Å². The first-order valence-corrected chi connectivity index (χ1v) is 10.2. The molecule has 3 nitrogen and oxygen atoms in total. The van der Waals surface area contributed by atoms with Gasteiger partial charge in [0.1, 0.15) is 0 Å². The number of hydrogen-bond acceptors (Lipinski definition) is 3. The number of para-hydroxylation sites is 1. The molecule has 0 radical (unpaired) electrons. The number of rotatable bonds is 6. The van der Waals surface area contributed by atoms with Crippen LogP contribution < -0.4 is 4.90 Å². The Labute approximate surface area is 155 Å². The van der Waals surface area contributed by atoms with E-state index in [1.54, 1.807) is 11.8 Å². The Morgan fingerprint density at radius 1 is 1.08 bits per heavy atom. The van der Waals surface area contributed by atoms with E-state index in [9.17, 15) is 4.79 Å². The van der Waals surface area contributed by atoms with Crippen molar-refractivity contribution in [2.45, 2.75) is 25.1 Å². The summed E-state index contributed by atoms with van der Waals surface area (Å²) in [5, 5.41) is 0. The van der Waals surface area contributed by atoms with Crippen molar-refractivity contribution in [2.75, 3.05) is 31.3 Å². The van der Waals surface area contributed by atoms with Crippen LogP contribution in [0, 0.1) is 0 Å². The molecule has 3 rings (SSSR count). The topological polar surface area (TPSA) is 23.6 Å². The van der Waals surface area contributed by atoms with Crippen LogP contribution in [-0.2, 0) is 12.3 Å². The average Bonchev–Trinajstić information content (AvgIpc) is 3.17. The van der Waals surface area contributed by atoms with Crippen LogP contribution in [-0.4, -0.2) is 37.2 Å². The van der Waals surface area contributed by atoms with E-state index < -0.39 is 0 Å². The van der Waals surface area contributed by atoms with Gasteiger partial charge in [0, 0.05) is 43.7 Å². The average molecular weight is 355 g/mol. The zero-order valence-electron chi connectivity index (χ0n) is 15.1. The van der Waals surface area contributed by atoms with E-state index in [1.807, 2.05) is 24.1 Å². The fourth-order valence-corrected chi connectivity index (χ4v) is 3.89. The molecule has 0 atom stereocenters. The highest BCUT2D eigenvalue weighted by Crippen LogP contribution is 2.25. The lowest BCUT2D eigenvalue weighted by atomic mass is 10.1. The molecule has 1 saturated heterocycles. The predicted octanol–water partition coefficient (Wildman–Crippen LogP) is 4.42. The minimum atomic E-state index is 0.0759. The largest absolute Gasteiger partial charge is 0.371 e. The lowest BCUT2D eigenvalue weighted by Gasteiger charge is -2.24. The van der Waals surface area contributed by atoms with Crippen LogP contribution in [0.4, 0.5) is 5.69 Å². The number of amides is 1. The van der Waals surface area contributed by atoms with Gasteiger partial charge in [0.2, 0.25) is 0 Å². The molecule has 4 heteroatoms. The van der Waals surface area contributed by atoms with Crippen LogP contribution >= 0.6 is 11.8 Å². The molecule has 1 aliphatic heterocycles. The summed E-state index contributed by atoms with van der Waals surface area (Å²) in [6, 6.07) is 16.4. The quantitative estimate of drug-likeness (QED) is 0.767. The number of anilines is 1. The maximum Gasteiger partial charge on any atom is 0.253 e. The lowest BCUT2D eigenvalue weighted by molar-refractivity contribution is 0.0785. The molecule has 0 aromatic heterocycles. The number of carbonyl (C=O) groups excluding carboxylic acids is 1. The third-order valence-corrected chi connectivity index (χ3v) is 5.33. The summed E-state index contributed by atoms with van der Waals surface area (Å²) in [5.41, 5.74) is 4.51. The van der Waals surface area contributed by atoms with Gasteiger partial charge in [-0.15, -0.1) is 0 Å². The number of nitrogens with zero attached hydrogens (tertiary/aromatic N) is 2. The van der Waals surface area contributed by atoms with Crippen LogP contribution in [0.5, 0.6) is 0 Å². The molecule has 132 valence electrons. The third kappa shape index (κ3) is 4.37. The molecule has 1 fully saturated rings. The Hall–Kier alpha value is -1.94. The molecule has 0 aliphatic carbocycles. The third-order valence-electron chi connectivity index (χ3n) is 4.70. The Morgan fingerprint density at radius 3 is 2.44 bits per heavy atom. The Bertz CT molecular complexity index is 708. The highest BCUT2D eigenvalue weighted by atomic mass is 32.2. The fourth-order valence-electron chi connectivity index (χ4n) is 3.37. The van der Waals surface area contributed by atoms with Crippen molar-refractivity contribution in [1.82, 2.24) is 4.90 Å². The second kappa shape index (κ2) is 8.43. The Morgan fingerprint density at radius 2 is 1.76 bits per heavy atom. The molecule has 0 bridgehead atoms. The first kappa shape index (κ1) is 17.9. The first-order chi connectivity index (χ1) is 12.2. The van der Waals surface area contributed by atoms with Crippen molar-refractivity contribution in [2.24, 2.45) is 0 Å². The second-order valence-electron chi connectivity index (χ2n) is 6.61. The highest BCUT2D eigenvalue weighted by Gasteiger charge is 2.18. The highest BCUT2D eigenvalue weighted by molar-refractivity contribution is 7.97. The van der Waals surface area contributed by atoms with E-state index in [0.29, 0.717) is 6.54 Å². The molecule has 0 spiro atoms. The van der Waals surface area contributed by atoms with Gasteiger partial charge >= 0.3 is 0 Å². The van der Waals surface area contributed by atoms with Crippen molar-refractivity contribution in [3.8, 4) is 0 Å². The van der Waals surface area contributed by atoms with Crippen LogP contribution in [0.1, 0.15) is 34.3 Å². The van der Waals surface area contributed by atoms with Crippen molar-refractivity contribution >= 4 is 23.4 Å². The summed E-state index contributed by atoms with van der Waals surface area (Å²) in [6.07, 6.45) is 4.60. The maximum absolute atomic E-state index is 12.8. The molecule has 1 amide bonds. The maximum atomic E-state index is 12.8. The SMILES string of the molecule is CSCc1ccc(C(=O)N(C)Cc2ccccc2N2CCCC2)cc1. The van der Waals surface area contributed by atoms with Gasteiger partial charge in [0.15, 0.2) is 0 Å². The number of benzene rings is 2. The van der Waals surface area contributed by atoms with Gasteiger partial charge < -0.3 is 9.80 Å². The summed E-state index contributed by atoms with van der Waals surface area (Å²) in [7, 11) is 1.89. The molecular formula is C21H26N2OS. The van der Waals surface area contributed by atoms with Crippen molar-refractivity contribution in [1.29, 1.82) is 0 Å². The van der Waals surface area contributed by atoms with E-state index in [2.05, 4.69) is 47.6 Å². The minimum Gasteiger partial charge on any atom is -0.371 e. The molecule has 25 heavy (non-hydrogen) atoms. The Kier molecular flexibility index (Phi) is 6.03. The van der Waals surface area contributed by atoms with Crippen LogP contribution in [0.25, 0.3) is 0 Å². The van der Waals surface area contributed by atoms with Gasteiger partial charge in [-0.1, -0.05) is 30.3 Å². The molecule has 1 aliphatic rings. The summed E-state index contributed by atoms with van der Waals surface area (Å²) in [4.78, 5) is 17.0.